The summed E-state index contributed by atoms with van der Waals surface area (Å²) in [6, 6.07) is 6.83. The Labute approximate surface area is 99.0 Å². The summed E-state index contributed by atoms with van der Waals surface area (Å²) in [4.78, 5) is 23.5. The van der Waals surface area contributed by atoms with Crippen LogP contribution in [-0.4, -0.2) is 37.1 Å². The normalized spacial score (nSPS) is 9.71. The van der Waals surface area contributed by atoms with Gasteiger partial charge in [0.2, 0.25) is 5.91 Å². The molecule has 0 aliphatic carbocycles. The monoisotopic (exact) mass is 237 g/mol. The molecule has 0 aliphatic rings. The molecular weight excluding hydrogens is 222 g/mol. The van der Waals surface area contributed by atoms with E-state index < -0.39 is 5.97 Å². The molecule has 0 spiro atoms. The molecule has 0 bridgehead atoms. The van der Waals surface area contributed by atoms with Gasteiger partial charge in [0.05, 0.1) is 17.9 Å². The minimum Gasteiger partial charge on any atom is -0.480 e. The standard InChI is InChI=1S/C11H15N3O3/c1-13-10(15)6-14(7-11(16)17)9-5-3-2-4-8(9)12/h2-5H,6-7,12H2,1H3,(H,13,15)(H,16,17). The molecule has 0 atom stereocenters. The fourth-order valence-electron chi connectivity index (χ4n) is 1.42. The van der Waals surface area contributed by atoms with Gasteiger partial charge in [-0.2, -0.15) is 0 Å². The van der Waals surface area contributed by atoms with E-state index in [1.165, 1.54) is 11.9 Å². The lowest BCUT2D eigenvalue weighted by Gasteiger charge is -2.23. The van der Waals surface area contributed by atoms with E-state index in [0.29, 0.717) is 11.4 Å². The molecule has 1 amide bonds. The van der Waals surface area contributed by atoms with E-state index in [0.717, 1.165) is 0 Å². The van der Waals surface area contributed by atoms with Gasteiger partial charge in [-0.3, -0.25) is 9.59 Å². The van der Waals surface area contributed by atoms with E-state index in [1.54, 1.807) is 24.3 Å². The number of carbonyl (C=O) groups excluding carboxylic acids is 1. The Morgan fingerprint density at radius 3 is 2.53 bits per heavy atom. The molecule has 92 valence electrons. The number of aliphatic carboxylic acids is 1. The molecule has 0 unspecified atom stereocenters. The van der Waals surface area contributed by atoms with Crippen LogP contribution in [0.4, 0.5) is 11.4 Å². The van der Waals surface area contributed by atoms with Gasteiger partial charge in [-0.15, -0.1) is 0 Å². The van der Waals surface area contributed by atoms with Crippen LogP contribution < -0.4 is 16.0 Å². The van der Waals surface area contributed by atoms with Crippen molar-refractivity contribution in [3.8, 4) is 0 Å². The molecule has 0 aliphatic heterocycles. The molecule has 6 heteroatoms. The minimum atomic E-state index is -1.02. The number of rotatable bonds is 5. The molecule has 0 aromatic heterocycles. The van der Waals surface area contributed by atoms with Crippen molar-refractivity contribution in [1.82, 2.24) is 5.32 Å². The maximum atomic E-state index is 11.3. The molecule has 6 nitrogen and oxygen atoms in total. The lowest BCUT2D eigenvalue weighted by Crippen LogP contribution is -2.39. The predicted molar refractivity (Wildman–Crippen MR) is 64.8 cm³/mol. The summed E-state index contributed by atoms with van der Waals surface area (Å²) < 4.78 is 0. The maximum absolute atomic E-state index is 11.3. The summed E-state index contributed by atoms with van der Waals surface area (Å²) in [5.41, 5.74) is 6.73. The quantitative estimate of drug-likeness (QED) is 0.622. The van der Waals surface area contributed by atoms with Crippen LogP contribution in [0.25, 0.3) is 0 Å². The SMILES string of the molecule is CNC(=O)CN(CC(=O)O)c1ccccc1N. The van der Waals surface area contributed by atoms with E-state index in [9.17, 15) is 9.59 Å². The molecule has 17 heavy (non-hydrogen) atoms. The molecule has 0 heterocycles. The molecule has 0 saturated carbocycles. The number of likely N-dealkylation sites (N-methyl/N-ethyl adjacent to an activating group) is 1. The Hall–Kier alpha value is -2.24. The average Bonchev–Trinajstić information content (AvgIpc) is 2.28. The van der Waals surface area contributed by atoms with Crippen molar-refractivity contribution in [3.63, 3.8) is 0 Å². The summed E-state index contributed by atoms with van der Waals surface area (Å²) in [5, 5.41) is 11.3. The predicted octanol–water partition coefficient (Wildman–Crippen LogP) is -0.0942. The number of nitrogens with one attached hydrogen (secondary N) is 1. The molecule has 0 fully saturated rings. The molecule has 0 radical (unpaired) electrons. The number of carboxylic acids is 1. The third-order valence-electron chi connectivity index (χ3n) is 2.22. The number of para-hydroxylation sites is 2. The highest BCUT2D eigenvalue weighted by molar-refractivity contribution is 5.85. The summed E-state index contributed by atoms with van der Waals surface area (Å²) in [6.45, 7) is -0.321. The van der Waals surface area contributed by atoms with Gasteiger partial charge in [0, 0.05) is 7.05 Å². The number of hydrogen-bond donors (Lipinski definition) is 3. The lowest BCUT2D eigenvalue weighted by atomic mass is 10.2. The van der Waals surface area contributed by atoms with Crippen LogP contribution in [0.1, 0.15) is 0 Å². The van der Waals surface area contributed by atoms with Gasteiger partial charge >= 0.3 is 5.97 Å². The number of carboxylic acid groups (broad SMARTS) is 1. The zero-order valence-corrected chi connectivity index (χ0v) is 9.51. The van der Waals surface area contributed by atoms with Crippen molar-refractivity contribution in [2.24, 2.45) is 0 Å². The summed E-state index contributed by atoms with van der Waals surface area (Å²) in [6.07, 6.45) is 0. The van der Waals surface area contributed by atoms with Crippen molar-refractivity contribution < 1.29 is 14.7 Å². The number of nitrogen functional groups attached to an aromatic ring is 1. The highest BCUT2D eigenvalue weighted by Gasteiger charge is 2.15. The number of carbonyl (C=O) groups is 2. The van der Waals surface area contributed by atoms with Crippen molar-refractivity contribution in [2.75, 3.05) is 30.8 Å². The zero-order valence-electron chi connectivity index (χ0n) is 9.51. The third-order valence-corrected chi connectivity index (χ3v) is 2.22. The zero-order chi connectivity index (χ0) is 12.8. The molecule has 1 aromatic carbocycles. The molecule has 0 saturated heterocycles. The Bertz CT molecular complexity index is 420. The van der Waals surface area contributed by atoms with Crippen LogP contribution in [-0.2, 0) is 9.59 Å². The largest absolute Gasteiger partial charge is 0.480 e. The highest BCUT2D eigenvalue weighted by atomic mass is 16.4. The van der Waals surface area contributed by atoms with Gasteiger partial charge in [-0.1, -0.05) is 12.1 Å². The number of nitrogens with zero attached hydrogens (tertiary/aromatic N) is 1. The first-order valence-corrected chi connectivity index (χ1v) is 5.06. The van der Waals surface area contributed by atoms with E-state index in [2.05, 4.69) is 5.32 Å². The fourth-order valence-corrected chi connectivity index (χ4v) is 1.42. The first-order chi connectivity index (χ1) is 8.04. The first kappa shape index (κ1) is 12.8. The number of amides is 1. The second-order valence-electron chi connectivity index (χ2n) is 3.48. The van der Waals surface area contributed by atoms with Gasteiger partial charge in [0.15, 0.2) is 0 Å². The molecule has 1 aromatic rings. The van der Waals surface area contributed by atoms with Crippen molar-refractivity contribution in [1.29, 1.82) is 0 Å². The second-order valence-corrected chi connectivity index (χ2v) is 3.48. The molecule has 4 N–H and O–H groups in total. The number of hydrogen-bond acceptors (Lipinski definition) is 4. The van der Waals surface area contributed by atoms with E-state index in [-0.39, 0.29) is 19.0 Å². The fraction of sp³-hybridized carbons (Fsp3) is 0.273. The van der Waals surface area contributed by atoms with Crippen LogP contribution in [0.3, 0.4) is 0 Å². The van der Waals surface area contributed by atoms with Crippen molar-refractivity contribution in [3.05, 3.63) is 24.3 Å². The van der Waals surface area contributed by atoms with Gasteiger partial charge in [-0.25, -0.2) is 0 Å². The minimum absolute atomic E-state index is 0.0446. The van der Waals surface area contributed by atoms with Gasteiger partial charge in [0.1, 0.15) is 6.54 Å². The van der Waals surface area contributed by atoms with Crippen molar-refractivity contribution in [2.45, 2.75) is 0 Å². The van der Waals surface area contributed by atoms with E-state index in [4.69, 9.17) is 10.8 Å². The third kappa shape index (κ3) is 3.67. The van der Waals surface area contributed by atoms with E-state index >= 15 is 0 Å². The summed E-state index contributed by atoms with van der Waals surface area (Å²) in [5.74, 6) is -1.29. The Morgan fingerprint density at radius 1 is 1.35 bits per heavy atom. The van der Waals surface area contributed by atoms with Gasteiger partial charge in [-0.05, 0) is 12.1 Å². The maximum Gasteiger partial charge on any atom is 0.323 e. The average molecular weight is 237 g/mol. The molecular formula is C11H15N3O3. The summed E-state index contributed by atoms with van der Waals surface area (Å²) >= 11 is 0. The number of benzene rings is 1. The lowest BCUT2D eigenvalue weighted by molar-refractivity contribution is -0.135. The van der Waals surface area contributed by atoms with Crippen LogP contribution in [0.15, 0.2) is 24.3 Å². The van der Waals surface area contributed by atoms with Gasteiger partial charge in [0.25, 0.3) is 0 Å². The summed E-state index contributed by atoms with van der Waals surface area (Å²) in [7, 11) is 1.50. The first-order valence-electron chi connectivity index (χ1n) is 5.06. The van der Waals surface area contributed by atoms with Crippen LogP contribution in [0, 0.1) is 0 Å². The van der Waals surface area contributed by atoms with Crippen LogP contribution in [0.2, 0.25) is 0 Å². The van der Waals surface area contributed by atoms with E-state index in [1.807, 2.05) is 0 Å². The van der Waals surface area contributed by atoms with Crippen molar-refractivity contribution >= 4 is 23.3 Å². The molecule has 1 rings (SSSR count). The second kappa shape index (κ2) is 5.74. The Kier molecular flexibility index (Phi) is 4.33. The smallest absolute Gasteiger partial charge is 0.323 e. The highest BCUT2D eigenvalue weighted by Crippen LogP contribution is 2.21. The Morgan fingerprint density at radius 2 is 2.00 bits per heavy atom. The number of nitrogens with two attached hydrogens (primary N) is 1. The Balaban J connectivity index is 2.93. The van der Waals surface area contributed by atoms with Crippen LogP contribution >= 0.6 is 0 Å². The van der Waals surface area contributed by atoms with Gasteiger partial charge < -0.3 is 21.1 Å². The number of anilines is 2. The van der Waals surface area contributed by atoms with Crippen LogP contribution in [0.5, 0.6) is 0 Å². The topological polar surface area (TPSA) is 95.7 Å².